The van der Waals surface area contributed by atoms with Crippen LogP contribution in [0.1, 0.15) is 34.6 Å². The van der Waals surface area contributed by atoms with E-state index in [0.29, 0.717) is 30.3 Å². The second-order valence-corrected chi connectivity index (χ2v) is 6.63. The Labute approximate surface area is 157 Å². The Morgan fingerprint density at radius 2 is 2.04 bits per heavy atom. The molecule has 1 aromatic heterocycles. The van der Waals surface area contributed by atoms with E-state index >= 15 is 0 Å². The average Bonchev–Trinajstić information content (AvgIpc) is 3.15. The standard InChI is InChI=1S/C21H21N3O3/c1-13-5-3-4-6-15(13)12-27-18-8-7-14(9-19(18)26-2)16-10-20(25)23-21-17(16)11-22-24-21/h3-9,11,16H,10,12H2,1-2H3,(H2,22,23,24,25). The lowest BCUT2D eigenvalue weighted by atomic mass is 9.87. The first-order valence-electron chi connectivity index (χ1n) is 8.84. The lowest BCUT2D eigenvalue weighted by molar-refractivity contribution is -0.116. The lowest BCUT2D eigenvalue weighted by Crippen LogP contribution is -2.23. The van der Waals surface area contributed by atoms with Gasteiger partial charge in [0, 0.05) is 17.9 Å². The van der Waals surface area contributed by atoms with E-state index in [0.717, 1.165) is 16.7 Å². The number of nitrogens with one attached hydrogen (secondary N) is 2. The van der Waals surface area contributed by atoms with Crippen LogP contribution in [0.5, 0.6) is 11.5 Å². The highest BCUT2D eigenvalue weighted by atomic mass is 16.5. The molecule has 2 N–H and O–H groups in total. The summed E-state index contributed by atoms with van der Waals surface area (Å²) < 4.78 is 11.5. The number of H-pyrrole nitrogens is 1. The molecule has 138 valence electrons. The van der Waals surface area contributed by atoms with Gasteiger partial charge in [-0.3, -0.25) is 9.89 Å². The van der Waals surface area contributed by atoms with Gasteiger partial charge in [-0.25, -0.2) is 0 Å². The van der Waals surface area contributed by atoms with Gasteiger partial charge in [-0.05, 0) is 35.7 Å². The Bertz CT molecular complexity index is 980. The van der Waals surface area contributed by atoms with Crippen LogP contribution in [0, 0.1) is 6.92 Å². The quantitative estimate of drug-likeness (QED) is 0.723. The minimum absolute atomic E-state index is 0.0319. The molecule has 1 unspecified atom stereocenters. The van der Waals surface area contributed by atoms with Crippen molar-refractivity contribution in [2.45, 2.75) is 25.9 Å². The number of anilines is 1. The van der Waals surface area contributed by atoms with Gasteiger partial charge in [0.2, 0.25) is 5.91 Å². The first-order valence-corrected chi connectivity index (χ1v) is 8.84. The van der Waals surface area contributed by atoms with Gasteiger partial charge in [-0.1, -0.05) is 30.3 Å². The fourth-order valence-corrected chi connectivity index (χ4v) is 3.39. The molecular weight excluding hydrogens is 342 g/mol. The number of ether oxygens (including phenoxy) is 2. The van der Waals surface area contributed by atoms with Gasteiger partial charge in [0.25, 0.3) is 0 Å². The highest BCUT2D eigenvalue weighted by Crippen LogP contribution is 2.39. The van der Waals surface area contributed by atoms with Crippen molar-refractivity contribution in [2.24, 2.45) is 0 Å². The molecular formula is C21H21N3O3. The van der Waals surface area contributed by atoms with Crippen LogP contribution in [0.2, 0.25) is 0 Å². The van der Waals surface area contributed by atoms with Crippen molar-refractivity contribution >= 4 is 11.7 Å². The van der Waals surface area contributed by atoms with Crippen LogP contribution in [0.25, 0.3) is 0 Å². The average molecular weight is 363 g/mol. The zero-order chi connectivity index (χ0) is 18.8. The molecule has 1 atom stereocenters. The van der Waals surface area contributed by atoms with E-state index < -0.39 is 0 Å². The molecule has 6 nitrogen and oxygen atoms in total. The van der Waals surface area contributed by atoms with Crippen molar-refractivity contribution in [3.05, 3.63) is 70.9 Å². The third kappa shape index (κ3) is 3.38. The molecule has 1 aliphatic heterocycles. The number of hydrogen-bond donors (Lipinski definition) is 2. The summed E-state index contributed by atoms with van der Waals surface area (Å²) in [6.45, 7) is 2.54. The number of fused-ring (bicyclic) bond motifs is 1. The van der Waals surface area contributed by atoms with Gasteiger partial charge in [0.1, 0.15) is 12.4 Å². The molecule has 6 heteroatoms. The Balaban J connectivity index is 1.59. The Kier molecular flexibility index (Phi) is 4.54. The molecule has 1 amide bonds. The zero-order valence-corrected chi connectivity index (χ0v) is 15.3. The number of benzene rings is 2. The van der Waals surface area contributed by atoms with E-state index in [9.17, 15) is 4.79 Å². The smallest absolute Gasteiger partial charge is 0.226 e. The summed E-state index contributed by atoms with van der Waals surface area (Å²) in [5.41, 5.74) is 4.29. The van der Waals surface area contributed by atoms with Crippen molar-refractivity contribution in [2.75, 3.05) is 12.4 Å². The monoisotopic (exact) mass is 363 g/mol. The number of amides is 1. The largest absolute Gasteiger partial charge is 0.493 e. The van der Waals surface area contributed by atoms with Crippen molar-refractivity contribution in [3.8, 4) is 11.5 Å². The van der Waals surface area contributed by atoms with E-state index in [2.05, 4.69) is 34.6 Å². The van der Waals surface area contributed by atoms with Crippen LogP contribution in [0.3, 0.4) is 0 Å². The summed E-state index contributed by atoms with van der Waals surface area (Å²) in [5.74, 6) is 1.90. The normalized spacial score (nSPS) is 15.8. The molecule has 1 aliphatic rings. The van der Waals surface area contributed by atoms with Gasteiger partial charge in [0.15, 0.2) is 11.5 Å². The highest BCUT2D eigenvalue weighted by Gasteiger charge is 2.28. The third-order valence-corrected chi connectivity index (χ3v) is 4.93. The first-order chi connectivity index (χ1) is 13.2. The number of nitrogens with zero attached hydrogens (tertiary/aromatic N) is 1. The molecule has 0 saturated carbocycles. The molecule has 0 spiro atoms. The second-order valence-electron chi connectivity index (χ2n) is 6.63. The third-order valence-electron chi connectivity index (χ3n) is 4.93. The summed E-state index contributed by atoms with van der Waals surface area (Å²) in [7, 11) is 1.62. The van der Waals surface area contributed by atoms with Gasteiger partial charge in [-0.15, -0.1) is 0 Å². The van der Waals surface area contributed by atoms with Gasteiger partial charge in [0.05, 0.1) is 13.3 Å². The van der Waals surface area contributed by atoms with Gasteiger partial charge < -0.3 is 14.8 Å². The highest BCUT2D eigenvalue weighted by molar-refractivity contribution is 5.94. The van der Waals surface area contributed by atoms with E-state index in [1.807, 2.05) is 30.3 Å². The lowest BCUT2D eigenvalue weighted by Gasteiger charge is -2.23. The number of rotatable bonds is 5. The molecule has 2 heterocycles. The minimum atomic E-state index is -0.0631. The molecule has 27 heavy (non-hydrogen) atoms. The maximum absolute atomic E-state index is 12.0. The maximum atomic E-state index is 12.0. The molecule has 0 fully saturated rings. The van der Waals surface area contributed by atoms with Crippen LogP contribution < -0.4 is 14.8 Å². The molecule has 2 aromatic carbocycles. The van der Waals surface area contributed by atoms with Crippen LogP contribution in [0.4, 0.5) is 5.82 Å². The molecule has 3 aromatic rings. The number of aromatic nitrogens is 2. The summed E-state index contributed by atoms with van der Waals surface area (Å²) in [5, 5.41) is 9.69. The van der Waals surface area contributed by atoms with Gasteiger partial charge in [-0.2, -0.15) is 5.10 Å². The van der Waals surface area contributed by atoms with Crippen molar-refractivity contribution in [3.63, 3.8) is 0 Å². The zero-order valence-electron chi connectivity index (χ0n) is 15.3. The second kappa shape index (κ2) is 7.15. The van der Waals surface area contributed by atoms with Crippen LogP contribution in [0.15, 0.2) is 48.7 Å². The number of methoxy groups -OCH3 is 1. The van der Waals surface area contributed by atoms with Crippen LogP contribution >= 0.6 is 0 Å². The van der Waals surface area contributed by atoms with Crippen molar-refractivity contribution in [1.82, 2.24) is 10.2 Å². The predicted octanol–water partition coefficient (Wildman–Crippen LogP) is 3.78. The van der Waals surface area contributed by atoms with Crippen LogP contribution in [-0.2, 0) is 11.4 Å². The molecule has 0 saturated heterocycles. The summed E-state index contributed by atoms with van der Waals surface area (Å²) in [6.07, 6.45) is 2.13. The van der Waals surface area contributed by atoms with Crippen molar-refractivity contribution < 1.29 is 14.3 Å². The van der Waals surface area contributed by atoms with E-state index in [1.165, 1.54) is 5.56 Å². The minimum Gasteiger partial charge on any atom is -0.493 e. The number of carbonyl (C=O) groups excluding carboxylic acids is 1. The van der Waals surface area contributed by atoms with E-state index in [-0.39, 0.29) is 11.8 Å². The molecule has 0 radical (unpaired) electrons. The van der Waals surface area contributed by atoms with E-state index in [1.54, 1.807) is 13.3 Å². The number of aromatic amines is 1. The topological polar surface area (TPSA) is 76.2 Å². The number of hydrogen-bond acceptors (Lipinski definition) is 4. The SMILES string of the molecule is COc1cc(C2CC(=O)Nc3[nH]ncc32)ccc1OCc1ccccc1C. The number of aryl methyl sites for hydroxylation is 1. The predicted molar refractivity (Wildman–Crippen MR) is 102 cm³/mol. The van der Waals surface area contributed by atoms with Gasteiger partial charge >= 0.3 is 0 Å². The van der Waals surface area contributed by atoms with Crippen molar-refractivity contribution in [1.29, 1.82) is 0 Å². The molecule has 4 rings (SSSR count). The maximum Gasteiger partial charge on any atom is 0.226 e. The summed E-state index contributed by atoms with van der Waals surface area (Å²) >= 11 is 0. The fraction of sp³-hybridized carbons (Fsp3) is 0.238. The Hall–Kier alpha value is -3.28. The first kappa shape index (κ1) is 17.1. The molecule has 0 bridgehead atoms. The summed E-state index contributed by atoms with van der Waals surface area (Å²) in [6, 6.07) is 14.0. The Morgan fingerprint density at radius 3 is 2.85 bits per heavy atom. The Morgan fingerprint density at radius 1 is 1.19 bits per heavy atom. The molecule has 0 aliphatic carbocycles. The number of carbonyl (C=O) groups is 1. The fourth-order valence-electron chi connectivity index (χ4n) is 3.39. The van der Waals surface area contributed by atoms with Crippen LogP contribution in [-0.4, -0.2) is 23.2 Å². The van der Waals surface area contributed by atoms with E-state index in [4.69, 9.17) is 9.47 Å². The summed E-state index contributed by atoms with van der Waals surface area (Å²) in [4.78, 5) is 12.0.